The number of carbonyl (C=O) groups excluding carboxylic acids is 1. The van der Waals surface area contributed by atoms with Gasteiger partial charge in [0.25, 0.3) is 0 Å². The molecule has 2 amide bonds. The lowest BCUT2D eigenvalue weighted by Crippen LogP contribution is -2.45. The van der Waals surface area contributed by atoms with Crippen LogP contribution in [-0.2, 0) is 12.7 Å². The summed E-state index contributed by atoms with van der Waals surface area (Å²) in [6.45, 7) is 6.29. The molecule has 11 heteroatoms. The SMILES string of the molecule is CCN1CCN(Cc2ccc(NC(=O)Nc3cc(C#Cc4cnc5[nH]ccc5c4)ccn3)cc2C(F)(F)F)CC1. The fourth-order valence-corrected chi connectivity index (χ4v) is 4.57. The molecule has 1 aromatic carbocycles. The first-order chi connectivity index (χ1) is 19.3. The highest BCUT2D eigenvalue weighted by atomic mass is 19.4. The number of hydrogen-bond acceptors (Lipinski definition) is 5. The van der Waals surface area contributed by atoms with Crippen molar-refractivity contribution < 1.29 is 18.0 Å². The maximum absolute atomic E-state index is 13.9. The van der Waals surface area contributed by atoms with Gasteiger partial charge in [-0.15, -0.1) is 0 Å². The van der Waals surface area contributed by atoms with Crippen molar-refractivity contribution in [1.29, 1.82) is 0 Å². The normalized spacial score (nSPS) is 14.5. The summed E-state index contributed by atoms with van der Waals surface area (Å²) in [4.78, 5) is 28.3. The molecule has 1 saturated heterocycles. The number of carbonyl (C=O) groups is 1. The molecule has 0 bridgehead atoms. The number of aromatic nitrogens is 3. The Balaban J connectivity index is 1.24. The lowest BCUT2D eigenvalue weighted by atomic mass is 10.0. The third-order valence-corrected chi connectivity index (χ3v) is 6.73. The summed E-state index contributed by atoms with van der Waals surface area (Å²) in [5.74, 6) is 6.25. The Labute approximate surface area is 229 Å². The van der Waals surface area contributed by atoms with Crippen LogP contribution in [0.15, 0.2) is 61.1 Å². The zero-order valence-corrected chi connectivity index (χ0v) is 21.8. The van der Waals surface area contributed by atoms with Gasteiger partial charge in [-0.05, 0) is 48.5 Å². The van der Waals surface area contributed by atoms with Crippen LogP contribution >= 0.6 is 0 Å². The number of anilines is 2. The summed E-state index contributed by atoms with van der Waals surface area (Å²) < 4.78 is 41.7. The molecule has 0 atom stereocenters. The smallest absolute Gasteiger partial charge is 0.346 e. The molecule has 3 aromatic heterocycles. The van der Waals surface area contributed by atoms with E-state index in [9.17, 15) is 18.0 Å². The van der Waals surface area contributed by atoms with Gasteiger partial charge in [-0.3, -0.25) is 10.2 Å². The monoisotopic (exact) mass is 547 g/mol. The Kier molecular flexibility index (Phi) is 8.00. The molecule has 206 valence electrons. The summed E-state index contributed by atoms with van der Waals surface area (Å²) in [5.41, 5.74) is 1.56. The third kappa shape index (κ3) is 6.77. The Morgan fingerprint density at radius 2 is 1.75 bits per heavy atom. The van der Waals surface area contributed by atoms with E-state index in [2.05, 4.69) is 49.3 Å². The largest absolute Gasteiger partial charge is 0.416 e. The fraction of sp³-hybridized carbons (Fsp3) is 0.276. The highest BCUT2D eigenvalue weighted by molar-refractivity contribution is 5.99. The van der Waals surface area contributed by atoms with Gasteiger partial charge in [0.1, 0.15) is 11.5 Å². The molecule has 1 fully saturated rings. The van der Waals surface area contributed by atoms with E-state index in [4.69, 9.17) is 0 Å². The number of fused-ring (bicyclic) bond motifs is 1. The Bertz CT molecular complexity index is 1560. The summed E-state index contributed by atoms with van der Waals surface area (Å²) in [6.07, 6.45) is 0.398. The molecule has 1 aliphatic rings. The van der Waals surface area contributed by atoms with E-state index < -0.39 is 17.8 Å². The predicted molar refractivity (Wildman–Crippen MR) is 148 cm³/mol. The number of nitrogens with zero attached hydrogens (tertiary/aromatic N) is 4. The van der Waals surface area contributed by atoms with Gasteiger partial charge in [-0.25, -0.2) is 14.8 Å². The van der Waals surface area contributed by atoms with Crippen LogP contribution in [0, 0.1) is 11.8 Å². The van der Waals surface area contributed by atoms with Crippen LogP contribution in [0.1, 0.15) is 29.2 Å². The number of rotatable bonds is 5. The van der Waals surface area contributed by atoms with E-state index in [1.807, 2.05) is 17.0 Å². The van der Waals surface area contributed by atoms with E-state index in [1.54, 1.807) is 24.5 Å². The number of alkyl halides is 3. The van der Waals surface area contributed by atoms with Crippen molar-refractivity contribution in [2.24, 2.45) is 0 Å². The predicted octanol–water partition coefficient (Wildman–Crippen LogP) is 5.16. The molecule has 5 rings (SSSR count). The third-order valence-electron chi connectivity index (χ3n) is 6.73. The van der Waals surface area contributed by atoms with Crippen LogP contribution in [0.2, 0.25) is 0 Å². The first-order valence-electron chi connectivity index (χ1n) is 12.9. The summed E-state index contributed by atoms with van der Waals surface area (Å²) in [7, 11) is 0. The van der Waals surface area contributed by atoms with Crippen molar-refractivity contribution in [2.75, 3.05) is 43.4 Å². The van der Waals surface area contributed by atoms with E-state index in [1.165, 1.54) is 18.3 Å². The Morgan fingerprint density at radius 3 is 2.52 bits per heavy atom. The zero-order chi connectivity index (χ0) is 28.1. The maximum Gasteiger partial charge on any atom is 0.416 e. The van der Waals surface area contributed by atoms with Crippen molar-refractivity contribution in [3.8, 4) is 11.8 Å². The average molecular weight is 548 g/mol. The van der Waals surface area contributed by atoms with Crippen molar-refractivity contribution in [1.82, 2.24) is 24.8 Å². The number of halogens is 3. The molecular formula is C29H28F3N7O. The van der Waals surface area contributed by atoms with Crippen LogP contribution < -0.4 is 10.6 Å². The van der Waals surface area contributed by atoms with Gasteiger partial charge in [0.05, 0.1) is 5.56 Å². The number of likely N-dealkylation sites (N-methyl/N-ethyl adjacent to an activating group) is 1. The topological polar surface area (TPSA) is 89.2 Å². The first-order valence-corrected chi connectivity index (χ1v) is 12.9. The van der Waals surface area contributed by atoms with E-state index >= 15 is 0 Å². The number of nitrogens with one attached hydrogen (secondary N) is 3. The van der Waals surface area contributed by atoms with Gasteiger partial charge in [-0.2, -0.15) is 13.2 Å². The molecule has 8 nitrogen and oxygen atoms in total. The van der Waals surface area contributed by atoms with Crippen LogP contribution in [0.4, 0.5) is 29.5 Å². The Morgan fingerprint density at radius 1 is 0.975 bits per heavy atom. The highest BCUT2D eigenvalue weighted by Gasteiger charge is 2.34. The maximum atomic E-state index is 13.9. The standard InChI is InChI=1S/C29H28F3N7O/c1-2-38-11-13-39(14-12-38)19-23-5-6-24(17-25(23)29(30,31)32)36-28(40)37-26-16-20(7-9-33-26)3-4-21-15-22-8-10-34-27(22)35-18-21/h5-10,15-18H,2,11-14,19H2,1H3,(H,34,35)(H2,33,36,37,40). The van der Waals surface area contributed by atoms with Gasteiger partial charge in [0, 0.05) is 73.5 Å². The molecule has 40 heavy (non-hydrogen) atoms. The number of H-pyrrole nitrogens is 1. The number of hydrogen-bond donors (Lipinski definition) is 3. The van der Waals surface area contributed by atoms with Crippen LogP contribution in [0.5, 0.6) is 0 Å². The molecule has 0 radical (unpaired) electrons. The molecule has 0 spiro atoms. The van der Waals surface area contributed by atoms with Crippen LogP contribution in [0.3, 0.4) is 0 Å². The quantitative estimate of drug-likeness (QED) is 0.301. The molecule has 0 aliphatic carbocycles. The van der Waals surface area contributed by atoms with Gasteiger partial charge in [0.2, 0.25) is 0 Å². The number of benzene rings is 1. The molecule has 0 unspecified atom stereocenters. The van der Waals surface area contributed by atoms with Crippen molar-refractivity contribution in [3.63, 3.8) is 0 Å². The zero-order valence-electron chi connectivity index (χ0n) is 21.8. The summed E-state index contributed by atoms with van der Waals surface area (Å²) >= 11 is 0. The lowest BCUT2D eigenvalue weighted by Gasteiger charge is -2.34. The number of piperazine rings is 1. The van der Waals surface area contributed by atoms with Gasteiger partial charge in [0.15, 0.2) is 0 Å². The Hall–Kier alpha value is -4.40. The number of pyridine rings is 2. The average Bonchev–Trinajstić information content (AvgIpc) is 3.41. The highest BCUT2D eigenvalue weighted by Crippen LogP contribution is 2.34. The minimum Gasteiger partial charge on any atom is -0.346 e. The number of amides is 2. The minimum absolute atomic E-state index is 0.0352. The van der Waals surface area contributed by atoms with Crippen molar-refractivity contribution in [2.45, 2.75) is 19.6 Å². The van der Waals surface area contributed by atoms with E-state index in [-0.39, 0.29) is 23.6 Å². The number of aromatic amines is 1. The molecule has 0 saturated carbocycles. The summed E-state index contributed by atoms with van der Waals surface area (Å²) in [5, 5.41) is 5.98. The number of urea groups is 1. The molecule has 1 aliphatic heterocycles. The van der Waals surface area contributed by atoms with Crippen molar-refractivity contribution >= 4 is 28.6 Å². The van der Waals surface area contributed by atoms with Gasteiger partial charge < -0.3 is 15.2 Å². The first kappa shape index (κ1) is 27.2. The second kappa shape index (κ2) is 11.8. The lowest BCUT2D eigenvalue weighted by molar-refractivity contribution is -0.138. The molecule has 4 heterocycles. The molecule has 4 aromatic rings. The van der Waals surface area contributed by atoms with Crippen LogP contribution in [-0.4, -0.2) is 63.5 Å². The molecular weight excluding hydrogens is 519 g/mol. The second-order valence-electron chi connectivity index (χ2n) is 9.48. The fourth-order valence-electron chi connectivity index (χ4n) is 4.57. The van der Waals surface area contributed by atoms with Gasteiger partial charge >= 0.3 is 12.2 Å². The molecule has 3 N–H and O–H groups in total. The van der Waals surface area contributed by atoms with E-state index in [0.29, 0.717) is 18.7 Å². The van der Waals surface area contributed by atoms with E-state index in [0.717, 1.165) is 42.3 Å². The van der Waals surface area contributed by atoms with Gasteiger partial charge in [-0.1, -0.05) is 24.8 Å². The second-order valence-corrected chi connectivity index (χ2v) is 9.48. The van der Waals surface area contributed by atoms with Crippen molar-refractivity contribution in [3.05, 3.63) is 83.3 Å². The minimum atomic E-state index is -4.55. The summed E-state index contributed by atoms with van der Waals surface area (Å²) in [6, 6.07) is 10.3. The van der Waals surface area contributed by atoms with Crippen LogP contribution in [0.25, 0.3) is 11.0 Å².